The van der Waals surface area contributed by atoms with Gasteiger partial charge in [0.15, 0.2) is 5.82 Å². The summed E-state index contributed by atoms with van der Waals surface area (Å²) < 4.78 is 6.95. The summed E-state index contributed by atoms with van der Waals surface area (Å²) >= 11 is 1.60. The fraction of sp³-hybridized carbons (Fsp3) is 0.385. The summed E-state index contributed by atoms with van der Waals surface area (Å²) in [5.74, 6) is 1.12. The molecule has 0 atom stereocenters. The van der Waals surface area contributed by atoms with Crippen LogP contribution in [-0.4, -0.2) is 31.2 Å². The van der Waals surface area contributed by atoms with E-state index < -0.39 is 0 Å². The minimum absolute atomic E-state index is 0.417. The maximum Gasteiger partial charge on any atom is 0.258 e. The molecule has 110 valence electrons. The highest BCUT2D eigenvalue weighted by atomic mass is 32.1. The van der Waals surface area contributed by atoms with Crippen LogP contribution in [0.5, 0.6) is 0 Å². The van der Waals surface area contributed by atoms with Crippen molar-refractivity contribution >= 4 is 11.3 Å². The molecule has 21 heavy (non-hydrogen) atoms. The third kappa shape index (κ3) is 3.53. The number of nitrogens with zero attached hydrogens (tertiary/aromatic N) is 5. The highest BCUT2D eigenvalue weighted by Crippen LogP contribution is 2.19. The summed E-state index contributed by atoms with van der Waals surface area (Å²) in [6, 6.07) is 2.37. The van der Waals surface area contributed by atoms with E-state index in [-0.39, 0.29) is 0 Å². The van der Waals surface area contributed by atoms with Gasteiger partial charge in [-0.05, 0) is 11.4 Å². The van der Waals surface area contributed by atoms with E-state index in [0.29, 0.717) is 30.8 Å². The van der Waals surface area contributed by atoms with Gasteiger partial charge in [-0.15, -0.1) is 5.10 Å². The maximum absolute atomic E-state index is 5.24. The SMILES string of the molecule is CC(C)NCc1cn(Cc2noc(-c3ccsc3)n2)nn1. The topological polar surface area (TPSA) is 81.7 Å². The lowest BCUT2D eigenvalue weighted by Crippen LogP contribution is -2.21. The van der Waals surface area contributed by atoms with Gasteiger partial charge in [-0.2, -0.15) is 16.3 Å². The van der Waals surface area contributed by atoms with Crippen LogP contribution in [0.15, 0.2) is 27.5 Å². The molecule has 1 N–H and O–H groups in total. The Bertz CT molecular complexity index is 687. The van der Waals surface area contributed by atoms with Gasteiger partial charge in [0.25, 0.3) is 5.89 Å². The zero-order valence-electron chi connectivity index (χ0n) is 11.9. The number of hydrogen-bond acceptors (Lipinski definition) is 7. The fourth-order valence-electron chi connectivity index (χ4n) is 1.77. The highest BCUT2D eigenvalue weighted by Gasteiger charge is 2.10. The van der Waals surface area contributed by atoms with Crippen molar-refractivity contribution in [1.29, 1.82) is 0 Å². The molecule has 0 spiro atoms. The molecule has 0 aromatic carbocycles. The highest BCUT2D eigenvalue weighted by molar-refractivity contribution is 7.08. The van der Waals surface area contributed by atoms with Gasteiger partial charge in [-0.3, -0.25) is 0 Å². The molecule has 0 radical (unpaired) electrons. The predicted molar refractivity (Wildman–Crippen MR) is 78.7 cm³/mol. The summed E-state index contributed by atoms with van der Waals surface area (Å²) in [6.07, 6.45) is 1.88. The predicted octanol–water partition coefficient (Wildman–Crippen LogP) is 1.94. The summed E-state index contributed by atoms with van der Waals surface area (Å²) in [4.78, 5) is 4.36. The Hall–Kier alpha value is -2.06. The molecule has 7 nitrogen and oxygen atoms in total. The lowest BCUT2D eigenvalue weighted by Gasteiger charge is -2.03. The van der Waals surface area contributed by atoms with Gasteiger partial charge in [0.1, 0.15) is 6.54 Å². The Morgan fingerprint density at radius 1 is 1.43 bits per heavy atom. The molecule has 0 aliphatic heterocycles. The lowest BCUT2D eigenvalue weighted by molar-refractivity contribution is 0.418. The Balaban J connectivity index is 1.64. The fourth-order valence-corrected chi connectivity index (χ4v) is 2.40. The van der Waals surface area contributed by atoms with E-state index in [1.807, 2.05) is 23.0 Å². The quantitative estimate of drug-likeness (QED) is 0.749. The zero-order valence-corrected chi connectivity index (χ0v) is 12.7. The lowest BCUT2D eigenvalue weighted by atomic mass is 10.3. The van der Waals surface area contributed by atoms with Crippen molar-refractivity contribution in [2.24, 2.45) is 0 Å². The second kappa shape index (κ2) is 6.15. The van der Waals surface area contributed by atoms with Crippen LogP contribution in [0, 0.1) is 0 Å². The van der Waals surface area contributed by atoms with Crippen LogP contribution < -0.4 is 5.32 Å². The Kier molecular flexibility index (Phi) is 4.07. The van der Waals surface area contributed by atoms with Crippen LogP contribution >= 0.6 is 11.3 Å². The van der Waals surface area contributed by atoms with Crippen molar-refractivity contribution in [3.05, 3.63) is 34.5 Å². The van der Waals surface area contributed by atoms with Crippen molar-refractivity contribution in [3.8, 4) is 11.5 Å². The second-order valence-electron chi connectivity index (χ2n) is 4.97. The van der Waals surface area contributed by atoms with Crippen LogP contribution in [0.3, 0.4) is 0 Å². The van der Waals surface area contributed by atoms with E-state index in [9.17, 15) is 0 Å². The van der Waals surface area contributed by atoms with Crippen molar-refractivity contribution in [3.63, 3.8) is 0 Å². The zero-order chi connectivity index (χ0) is 14.7. The molecule has 0 fully saturated rings. The molecular weight excluding hydrogens is 288 g/mol. The molecule has 0 bridgehead atoms. The summed E-state index contributed by atoms with van der Waals surface area (Å²) in [5, 5.41) is 19.4. The average molecular weight is 304 g/mol. The first-order valence-electron chi connectivity index (χ1n) is 6.68. The summed E-state index contributed by atoms with van der Waals surface area (Å²) in [6.45, 7) is 5.33. The Morgan fingerprint density at radius 3 is 3.10 bits per heavy atom. The van der Waals surface area contributed by atoms with Gasteiger partial charge in [0.05, 0.1) is 17.5 Å². The molecule has 0 saturated carbocycles. The van der Waals surface area contributed by atoms with Gasteiger partial charge in [-0.1, -0.05) is 24.2 Å². The Morgan fingerprint density at radius 2 is 2.33 bits per heavy atom. The molecular formula is C13H16N6OS. The monoisotopic (exact) mass is 304 g/mol. The van der Waals surface area contributed by atoms with E-state index in [2.05, 4.69) is 39.6 Å². The van der Waals surface area contributed by atoms with E-state index in [0.717, 1.165) is 11.3 Å². The van der Waals surface area contributed by atoms with Crippen LogP contribution in [0.4, 0.5) is 0 Å². The molecule has 0 unspecified atom stereocenters. The number of aromatic nitrogens is 5. The average Bonchev–Trinajstić information content (AvgIpc) is 3.18. The molecule has 0 amide bonds. The smallest absolute Gasteiger partial charge is 0.258 e. The molecule has 0 aliphatic carbocycles. The minimum Gasteiger partial charge on any atom is -0.334 e. The number of thiophene rings is 1. The minimum atomic E-state index is 0.417. The van der Waals surface area contributed by atoms with E-state index in [4.69, 9.17) is 4.52 Å². The molecule has 8 heteroatoms. The number of hydrogen-bond donors (Lipinski definition) is 1. The van der Waals surface area contributed by atoms with Gasteiger partial charge < -0.3 is 9.84 Å². The van der Waals surface area contributed by atoms with Crippen molar-refractivity contribution in [1.82, 2.24) is 30.5 Å². The second-order valence-corrected chi connectivity index (χ2v) is 5.75. The number of rotatable bonds is 6. The Labute approximate surface area is 126 Å². The van der Waals surface area contributed by atoms with Gasteiger partial charge in [0, 0.05) is 18.0 Å². The van der Waals surface area contributed by atoms with E-state index >= 15 is 0 Å². The standard InChI is InChI=1S/C13H16N6OS/c1-9(2)14-5-11-6-19(18-16-11)7-12-15-13(20-17-12)10-3-4-21-8-10/h3-4,6,8-9,14H,5,7H2,1-2H3. The number of nitrogens with one attached hydrogen (secondary N) is 1. The van der Waals surface area contributed by atoms with Crippen LogP contribution in [0.1, 0.15) is 25.4 Å². The van der Waals surface area contributed by atoms with Crippen LogP contribution in [0.25, 0.3) is 11.5 Å². The normalized spacial score (nSPS) is 11.4. The molecule has 0 saturated heterocycles. The van der Waals surface area contributed by atoms with Crippen LogP contribution in [-0.2, 0) is 13.1 Å². The first-order chi connectivity index (χ1) is 10.2. The van der Waals surface area contributed by atoms with Crippen molar-refractivity contribution in [2.75, 3.05) is 0 Å². The third-order valence-electron chi connectivity index (χ3n) is 2.82. The summed E-state index contributed by atoms with van der Waals surface area (Å²) in [7, 11) is 0. The van der Waals surface area contributed by atoms with E-state index in [1.165, 1.54) is 0 Å². The first-order valence-corrected chi connectivity index (χ1v) is 7.62. The van der Waals surface area contributed by atoms with Crippen molar-refractivity contribution < 1.29 is 4.52 Å². The third-order valence-corrected chi connectivity index (χ3v) is 3.50. The first kappa shape index (κ1) is 13.9. The molecule has 0 aliphatic rings. The van der Waals surface area contributed by atoms with Crippen LogP contribution in [0.2, 0.25) is 0 Å². The molecule has 3 aromatic heterocycles. The largest absolute Gasteiger partial charge is 0.334 e. The molecule has 3 heterocycles. The maximum atomic E-state index is 5.24. The van der Waals surface area contributed by atoms with Gasteiger partial charge >= 0.3 is 0 Å². The van der Waals surface area contributed by atoms with Gasteiger partial charge in [0.2, 0.25) is 0 Å². The molecule has 3 rings (SSSR count). The summed E-state index contributed by atoms with van der Waals surface area (Å²) in [5.41, 5.74) is 1.84. The van der Waals surface area contributed by atoms with Crippen molar-refractivity contribution in [2.45, 2.75) is 33.0 Å². The van der Waals surface area contributed by atoms with E-state index in [1.54, 1.807) is 16.0 Å². The van der Waals surface area contributed by atoms with Gasteiger partial charge in [-0.25, -0.2) is 4.68 Å². The molecule has 3 aromatic rings.